The molecule has 3 aliphatic rings. The summed E-state index contributed by atoms with van der Waals surface area (Å²) in [4.78, 5) is 30.5. The molecule has 0 unspecified atom stereocenters. The average molecular weight is 409 g/mol. The fourth-order valence-electron chi connectivity index (χ4n) is 5.68. The van der Waals surface area contributed by atoms with Crippen LogP contribution in [0.5, 0.6) is 0 Å². The van der Waals surface area contributed by atoms with E-state index >= 15 is 0 Å². The molecular formula is C24H28N2O2S. The van der Waals surface area contributed by atoms with Crippen molar-refractivity contribution in [2.45, 2.75) is 49.9 Å². The lowest BCUT2D eigenvalue weighted by Gasteiger charge is -2.40. The van der Waals surface area contributed by atoms with Gasteiger partial charge in [-0.15, -0.1) is 11.3 Å². The van der Waals surface area contributed by atoms with Gasteiger partial charge in [0, 0.05) is 32.6 Å². The van der Waals surface area contributed by atoms with Crippen molar-refractivity contribution >= 4 is 23.2 Å². The smallest absolute Gasteiger partial charge is 0.263 e. The Labute approximate surface area is 176 Å². The van der Waals surface area contributed by atoms with Gasteiger partial charge in [0.05, 0.1) is 4.88 Å². The van der Waals surface area contributed by atoms with Gasteiger partial charge in [0.25, 0.3) is 5.91 Å². The summed E-state index contributed by atoms with van der Waals surface area (Å²) >= 11 is 1.52. The number of rotatable bonds is 3. The number of carbonyl (C=O) groups excluding carboxylic acids is 2. The highest BCUT2D eigenvalue weighted by molar-refractivity contribution is 7.12. The molecule has 0 saturated carbocycles. The monoisotopic (exact) mass is 408 g/mol. The molecule has 2 amide bonds. The summed E-state index contributed by atoms with van der Waals surface area (Å²) in [5.74, 6) is 0.811. The molecule has 5 heteroatoms. The van der Waals surface area contributed by atoms with Crippen molar-refractivity contribution < 1.29 is 9.59 Å². The van der Waals surface area contributed by atoms with E-state index in [0.717, 1.165) is 63.2 Å². The first-order valence-corrected chi connectivity index (χ1v) is 11.7. The third-order valence-electron chi connectivity index (χ3n) is 7.23. The maximum absolute atomic E-state index is 12.8. The number of hydrogen-bond donors (Lipinski definition) is 0. The van der Waals surface area contributed by atoms with E-state index in [0.29, 0.717) is 18.2 Å². The number of nitrogens with zero attached hydrogens (tertiary/aromatic N) is 2. The Morgan fingerprint density at radius 1 is 0.966 bits per heavy atom. The molecule has 152 valence electrons. The fourth-order valence-corrected chi connectivity index (χ4v) is 6.37. The highest BCUT2D eigenvalue weighted by Crippen LogP contribution is 2.52. The summed E-state index contributed by atoms with van der Waals surface area (Å²) < 4.78 is 0. The molecule has 0 radical (unpaired) electrons. The van der Waals surface area contributed by atoms with Gasteiger partial charge in [0.1, 0.15) is 0 Å². The maximum atomic E-state index is 12.8. The molecule has 1 aromatic carbocycles. The summed E-state index contributed by atoms with van der Waals surface area (Å²) in [7, 11) is 0. The summed E-state index contributed by atoms with van der Waals surface area (Å²) in [6.45, 7) is 3.46. The second-order valence-corrected chi connectivity index (χ2v) is 9.78. The predicted octanol–water partition coefficient (Wildman–Crippen LogP) is 4.42. The van der Waals surface area contributed by atoms with Gasteiger partial charge >= 0.3 is 0 Å². The van der Waals surface area contributed by atoms with Crippen molar-refractivity contribution in [1.29, 1.82) is 0 Å². The lowest BCUT2D eigenvalue weighted by Crippen LogP contribution is -2.44. The molecule has 1 aromatic heterocycles. The molecule has 1 atom stereocenters. The van der Waals surface area contributed by atoms with Gasteiger partial charge in [-0.05, 0) is 66.0 Å². The molecule has 2 saturated heterocycles. The van der Waals surface area contributed by atoms with Crippen LogP contribution in [0.2, 0.25) is 0 Å². The van der Waals surface area contributed by atoms with Crippen molar-refractivity contribution in [2.24, 2.45) is 0 Å². The number of amides is 2. The minimum Gasteiger partial charge on any atom is -0.343 e. The Balaban J connectivity index is 1.32. The number of carbonyl (C=O) groups is 2. The van der Waals surface area contributed by atoms with Crippen LogP contribution in [-0.4, -0.2) is 47.8 Å². The zero-order valence-electron chi connectivity index (χ0n) is 16.8. The second-order valence-electron chi connectivity index (χ2n) is 8.83. The Bertz CT molecular complexity index is 893. The van der Waals surface area contributed by atoms with Crippen LogP contribution in [0.15, 0.2) is 41.8 Å². The minimum absolute atomic E-state index is 0.124. The molecule has 2 fully saturated rings. The molecule has 3 heterocycles. The Hall–Kier alpha value is -2.14. The molecule has 0 bridgehead atoms. The standard InChI is InChI=1S/C24H28N2O2S/c27-22(25-11-3-4-12-25)16-18-17-24(20-7-2-1-6-19(18)20)9-13-26(14-10-24)23(28)21-8-5-15-29-21/h1-2,5-8,15,18H,3-4,9-14,16-17H2/t18-/m0/s1. The molecule has 1 aliphatic carbocycles. The van der Waals surface area contributed by atoms with Crippen molar-refractivity contribution in [3.05, 3.63) is 57.8 Å². The lowest BCUT2D eigenvalue weighted by molar-refractivity contribution is -0.130. The summed E-state index contributed by atoms with van der Waals surface area (Å²) in [6.07, 6.45) is 5.96. The van der Waals surface area contributed by atoms with Gasteiger partial charge in [0.15, 0.2) is 0 Å². The Kier molecular flexibility index (Phi) is 4.94. The van der Waals surface area contributed by atoms with Crippen LogP contribution in [-0.2, 0) is 10.2 Å². The van der Waals surface area contributed by atoms with Gasteiger partial charge in [-0.3, -0.25) is 9.59 Å². The van der Waals surface area contributed by atoms with Crippen molar-refractivity contribution in [3.8, 4) is 0 Å². The van der Waals surface area contributed by atoms with E-state index in [-0.39, 0.29) is 11.3 Å². The Morgan fingerprint density at radius 3 is 2.45 bits per heavy atom. The average Bonchev–Trinajstić information content (AvgIpc) is 3.51. The minimum atomic E-state index is 0.124. The highest BCUT2D eigenvalue weighted by Gasteiger charge is 2.46. The van der Waals surface area contributed by atoms with Crippen molar-refractivity contribution in [3.63, 3.8) is 0 Å². The molecule has 1 spiro atoms. The SMILES string of the molecule is O=C(C[C@H]1CC2(CCN(C(=O)c3cccs3)CC2)c2ccccc21)N1CCCC1. The topological polar surface area (TPSA) is 40.6 Å². The molecule has 0 N–H and O–H groups in total. The molecular weight excluding hydrogens is 380 g/mol. The van der Waals surface area contributed by atoms with Crippen LogP contribution in [0.25, 0.3) is 0 Å². The van der Waals surface area contributed by atoms with E-state index in [2.05, 4.69) is 29.2 Å². The van der Waals surface area contributed by atoms with Crippen molar-refractivity contribution in [1.82, 2.24) is 9.80 Å². The molecule has 2 aliphatic heterocycles. The van der Waals surface area contributed by atoms with E-state index in [1.807, 2.05) is 22.4 Å². The normalized spacial score (nSPS) is 22.8. The van der Waals surface area contributed by atoms with Crippen LogP contribution < -0.4 is 0 Å². The number of fused-ring (bicyclic) bond motifs is 2. The third kappa shape index (κ3) is 3.39. The molecule has 2 aromatic rings. The number of piperidine rings is 1. The maximum Gasteiger partial charge on any atom is 0.263 e. The molecule has 4 nitrogen and oxygen atoms in total. The van der Waals surface area contributed by atoms with Crippen LogP contribution in [0.4, 0.5) is 0 Å². The van der Waals surface area contributed by atoms with E-state index in [1.54, 1.807) is 0 Å². The summed E-state index contributed by atoms with van der Waals surface area (Å²) in [5.41, 5.74) is 2.93. The van der Waals surface area contributed by atoms with E-state index < -0.39 is 0 Å². The van der Waals surface area contributed by atoms with E-state index in [9.17, 15) is 9.59 Å². The van der Waals surface area contributed by atoms with Crippen LogP contribution >= 0.6 is 11.3 Å². The van der Waals surface area contributed by atoms with Gasteiger partial charge < -0.3 is 9.80 Å². The van der Waals surface area contributed by atoms with E-state index in [1.165, 1.54) is 22.5 Å². The first-order chi connectivity index (χ1) is 14.2. The second kappa shape index (κ2) is 7.60. The summed E-state index contributed by atoms with van der Waals surface area (Å²) in [5, 5.41) is 1.97. The third-order valence-corrected chi connectivity index (χ3v) is 8.09. The Morgan fingerprint density at radius 2 is 1.72 bits per heavy atom. The molecule has 29 heavy (non-hydrogen) atoms. The summed E-state index contributed by atoms with van der Waals surface area (Å²) in [6, 6.07) is 12.6. The van der Waals surface area contributed by atoms with Gasteiger partial charge in [-0.25, -0.2) is 0 Å². The zero-order valence-corrected chi connectivity index (χ0v) is 17.6. The number of hydrogen-bond acceptors (Lipinski definition) is 3. The number of benzene rings is 1. The first-order valence-electron chi connectivity index (χ1n) is 10.9. The van der Waals surface area contributed by atoms with Gasteiger partial charge in [0.2, 0.25) is 5.91 Å². The zero-order chi connectivity index (χ0) is 19.8. The number of thiophene rings is 1. The quantitative estimate of drug-likeness (QED) is 0.754. The van der Waals surface area contributed by atoms with Crippen LogP contribution in [0.1, 0.15) is 65.2 Å². The van der Waals surface area contributed by atoms with Crippen molar-refractivity contribution in [2.75, 3.05) is 26.2 Å². The fraction of sp³-hybridized carbons (Fsp3) is 0.500. The first kappa shape index (κ1) is 18.9. The van der Waals surface area contributed by atoms with Gasteiger partial charge in [-0.1, -0.05) is 30.3 Å². The number of likely N-dealkylation sites (tertiary alicyclic amines) is 2. The van der Waals surface area contributed by atoms with Crippen LogP contribution in [0.3, 0.4) is 0 Å². The van der Waals surface area contributed by atoms with E-state index in [4.69, 9.17) is 0 Å². The highest BCUT2D eigenvalue weighted by atomic mass is 32.1. The lowest BCUT2D eigenvalue weighted by atomic mass is 9.73. The van der Waals surface area contributed by atoms with Crippen LogP contribution in [0, 0.1) is 0 Å². The van der Waals surface area contributed by atoms with Gasteiger partial charge in [-0.2, -0.15) is 0 Å². The predicted molar refractivity (Wildman–Crippen MR) is 115 cm³/mol. The molecule has 5 rings (SSSR count). The largest absolute Gasteiger partial charge is 0.343 e.